The van der Waals surface area contributed by atoms with Crippen LogP contribution in [0.5, 0.6) is 0 Å². The van der Waals surface area contributed by atoms with Gasteiger partial charge in [-0.1, -0.05) is 0 Å². The summed E-state index contributed by atoms with van der Waals surface area (Å²) in [7, 11) is 0. The van der Waals surface area contributed by atoms with Crippen molar-refractivity contribution in [3.8, 4) is 0 Å². The predicted octanol–water partition coefficient (Wildman–Crippen LogP) is 0.217. The predicted molar refractivity (Wildman–Crippen MR) is 64.4 cm³/mol. The van der Waals surface area contributed by atoms with Crippen molar-refractivity contribution in [3.63, 3.8) is 0 Å². The molecule has 2 N–H and O–H groups in total. The van der Waals surface area contributed by atoms with Gasteiger partial charge in [-0.3, -0.25) is 4.79 Å². The maximum absolute atomic E-state index is 12.4. The zero-order valence-electron chi connectivity index (χ0n) is 10.3. The largest absolute Gasteiger partial charge is 0.396 e. The number of carbonyl (C=O) groups is 1. The number of aliphatic hydroxyl groups excluding tert-OH is 1. The van der Waals surface area contributed by atoms with Gasteiger partial charge in [-0.2, -0.15) is 0 Å². The molecule has 1 saturated carbocycles. The van der Waals surface area contributed by atoms with Gasteiger partial charge in [0.05, 0.1) is 0 Å². The summed E-state index contributed by atoms with van der Waals surface area (Å²) in [4.78, 5) is 14.4. The van der Waals surface area contributed by atoms with E-state index in [4.69, 9.17) is 5.11 Å². The minimum absolute atomic E-state index is 0.226. The Bertz CT molecular complexity index is 313. The lowest BCUT2D eigenvalue weighted by molar-refractivity contribution is -0.132. The molecule has 4 nitrogen and oxygen atoms in total. The molecule has 3 aliphatic rings. The summed E-state index contributed by atoms with van der Waals surface area (Å²) in [6.07, 6.45) is 4.42. The molecule has 0 aromatic carbocycles. The summed E-state index contributed by atoms with van der Waals surface area (Å²) in [5, 5.41) is 12.5. The van der Waals surface area contributed by atoms with E-state index in [1.165, 1.54) is 12.8 Å². The van der Waals surface area contributed by atoms with Crippen molar-refractivity contribution in [1.29, 1.82) is 0 Å². The van der Waals surface area contributed by atoms with Crippen molar-refractivity contribution in [2.45, 2.75) is 25.7 Å². The Morgan fingerprint density at radius 1 is 1.41 bits per heavy atom. The highest BCUT2D eigenvalue weighted by Gasteiger charge is 2.58. The first kappa shape index (κ1) is 11.5. The zero-order valence-corrected chi connectivity index (χ0v) is 10.3. The van der Waals surface area contributed by atoms with Crippen molar-refractivity contribution in [2.24, 2.45) is 17.3 Å². The smallest absolute Gasteiger partial charge is 0.226 e. The van der Waals surface area contributed by atoms with Gasteiger partial charge in [0.1, 0.15) is 0 Å². The fraction of sp³-hybridized carbons (Fsp3) is 0.923. The maximum atomic E-state index is 12.4. The highest BCUT2D eigenvalue weighted by Crippen LogP contribution is 2.59. The van der Waals surface area contributed by atoms with Crippen molar-refractivity contribution in [3.05, 3.63) is 0 Å². The first-order chi connectivity index (χ1) is 8.25. The molecule has 2 unspecified atom stereocenters. The topological polar surface area (TPSA) is 52.6 Å². The van der Waals surface area contributed by atoms with Crippen molar-refractivity contribution in [2.75, 3.05) is 32.8 Å². The molecule has 4 heteroatoms. The first-order valence-electron chi connectivity index (χ1n) is 6.85. The molecular formula is C13H22N2O2. The van der Waals surface area contributed by atoms with Gasteiger partial charge in [-0.25, -0.2) is 0 Å². The molecule has 2 atom stereocenters. The molecule has 1 amide bonds. The lowest BCUT2D eigenvalue weighted by atomic mass is 9.91. The summed E-state index contributed by atoms with van der Waals surface area (Å²) in [6.45, 7) is 4.00. The van der Waals surface area contributed by atoms with E-state index in [2.05, 4.69) is 5.32 Å². The molecule has 2 saturated heterocycles. The van der Waals surface area contributed by atoms with Gasteiger partial charge in [-0.05, 0) is 44.2 Å². The van der Waals surface area contributed by atoms with Crippen LogP contribution in [0.1, 0.15) is 25.7 Å². The summed E-state index contributed by atoms with van der Waals surface area (Å²) in [5.74, 6) is 0.978. The van der Waals surface area contributed by atoms with Crippen LogP contribution in [0.15, 0.2) is 0 Å². The maximum Gasteiger partial charge on any atom is 0.226 e. The first-order valence-corrected chi connectivity index (χ1v) is 6.85. The number of amides is 1. The van der Waals surface area contributed by atoms with Crippen molar-refractivity contribution < 1.29 is 9.90 Å². The Labute approximate surface area is 102 Å². The molecule has 96 valence electrons. The molecule has 0 aromatic rings. The SMILES string of the molecule is O=C(C1CC12CCNCC2)N1CCC(CO)C1. The Hall–Kier alpha value is -0.610. The van der Waals surface area contributed by atoms with Crippen molar-refractivity contribution in [1.82, 2.24) is 10.2 Å². The average Bonchev–Trinajstić information content (AvgIpc) is 2.86. The lowest BCUT2D eigenvalue weighted by Gasteiger charge is -2.25. The van der Waals surface area contributed by atoms with Crippen LogP contribution < -0.4 is 5.32 Å². The third-order valence-corrected chi connectivity index (χ3v) is 4.94. The molecule has 2 heterocycles. The molecule has 0 radical (unpaired) electrons. The molecule has 2 aliphatic heterocycles. The Morgan fingerprint density at radius 2 is 2.18 bits per heavy atom. The molecule has 0 bridgehead atoms. The fourth-order valence-corrected chi connectivity index (χ4v) is 3.58. The van der Waals surface area contributed by atoms with Crippen LogP contribution in [-0.2, 0) is 4.79 Å². The van der Waals surface area contributed by atoms with Crippen molar-refractivity contribution >= 4 is 5.91 Å². The Morgan fingerprint density at radius 3 is 2.82 bits per heavy atom. The number of hydrogen-bond acceptors (Lipinski definition) is 3. The van der Waals surface area contributed by atoms with Crippen LogP contribution in [-0.4, -0.2) is 48.7 Å². The summed E-state index contributed by atoms with van der Waals surface area (Å²) >= 11 is 0. The van der Waals surface area contributed by atoms with E-state index < -0.39 is 0 Å². The monoisotopic (exact) mass is 238 g/mol. The van der Waals surface area contributed by atoms with Gasteiger partial charge >= 0.3 is 0 Å². The van der Waals surface area contributed by atoms with Crippen LogP contribution >= 0.6 is 0 Å². The van der Waals surface area contributed by atoms with Gasteiger partial charge in [0.25, 0.3) is 0 Å². The molecule has 3 fully saturated rings. The van der Waals surface area contributed by atoms with Gasteiger partial charge in [0, 0.05) is 31.5 Å². The highest BCUT2D eigenvalue weighted by molar-refractivity contribution is 5.83. The Balaban J connectivity index is 1.58. The second-order valence-electron chi connectivity index (χ2n) is 5.99. The third-order valence-electron chi connectivity index (χ3n) is 4.94. The lowest BCUT2D eigenvalue weighted by Crippen LogP contribution is -2.35. The number of rotatable bonds is 2. The number of nitrogens with one attached hydrogen (secondary N) is 1. The standard InChI is InChI=1S/C13H22N2O2/c16-9-10-1-6-15(8-10)12(17)11-7-13(11)2-4-14-5-3-13/h10-11,14,16H,1-9H2. The van der Waals surface area contributed by atoms with E-state index in [-0.39, 0.29) is 6.61 Å². The normalized spacial score (nSPS) is 35.2. The average molecular weight is 238 g/mol. The zero-order chi connectivity index (χ0) is 11.9. The second-order valence-corrected chi connectivity index (χ2v) is 5.99. The fourth-order valence-electron chi connectivity index (χ4n) is 3.58. The number of likely N-dealkylation sites (tertiary alicyclic amines) is 1. The number of nitrogens with zero attached hydrogens (tertiary/aromatic N) is 1. The van der Waals surface area contributed by atoms with Crippen LogP contribution in [0.25, 0.3) is 0 Å². The quantitative estimate of drug-likeness (QED) is 0.723. The number of piperidine rings is 1. The van der Waals surface area contributed by atoms with E-state index >= 15 is 0 Å². The molecule has 0 aromatic heterocycles. The van der Waals surface area contributed by atoms with Crippen LogP contribution in [0.2, 0.25) is 0 Å². The van der Waals surface area contributed by atoms with Gasteiger partial charge in [0.15, 0.2) is 0 Å². The highest BCUT2D eigenvalue weighted by atomic mass is 16.3. The molecular weight excluding hydrogens is 216 g/mol. The number of aliphatic hydroxyl groups is 1. The van der Waals surface area contributed by atoms with Gasteiger partial charge in [-0.15, -0.1) is 0 Å². The minimum Gasteiger partial charge on any atom is -0.396 e. The third kappa shape index (κ3) is 1.97. The minimum atomic E-state index is 0.226. The molecule has 17 heavy (non-hydrogen) atoms. The molecule has 1 spiro atoms. The molecule has 1 aliphatic carbocycles. The molecule has 3 rings (SSSR count). The van der Waals surface area contributed by atoms with Crippen LogP contribution in [0.4, 0.5) is 0 Å². The summed E-state index contributed by atoms with van der Waals surface area (Å²) < 4.78 is 0. The van der Waals surface area contributed by atoms with Crippen LogP contribution in [0, 0.1) is 17.3 Å². The van der Waals surface area contributed by atoms with Crippen LogP contribution in [0.3, 0.4) is 0 Å². The van der Waals surface area contributed by atoms with E-state index in [0.29, 0.717) is 23.2 Å². The van der Waals surface area contributed by atoms with E-state index in [0.717, 1.165) is 39.0 Å². The number of hydrogen-bond donors (Lipinski definition) is 2. The Kier molecular flexibility index (Phi) is 2.87. The number of carbonyl (C=O) groups excluding carboxylic acids is 1. The second kappa shape index (κ2) is 4.25. The van der Waals surface area contributed by atoms with E-state index in [9.17, 15) is 4.79 Å². The van der Waals surface area contributed by atoms with Gasteiger partial charge < -0.3 is 15.3 Å². The van der Waals surface area contributed by atoms with E-state index in [1.807, 2.05) is 4.90 Å². The van der Waals surface area contributed by atoms with E-state index in [1.54, 1.807) is 0 Å². The summed E-state index contributed by atoms with van der Waals surface area (Å²) in [5.41, 5.74) is 0.347. The summed E-state index contributed by atoms with van der Waals surface area (Å²) in [6, 6.07) is 0. The van der Waals surface area contributed by atoms with Gasteiger partial charge in [0.2, 0.25) is 5.91 Å².